The predicted molar refractivity (Wildman–Crippen MR) is 58.8 cm³/mol. The molecule has 5 nitrogen and oxygen atoms in total. The number of aromatic nitrogens is 4. The molecular formula is C8H10ClN5S. The van der Waals surface area contributed by atoms with Crippen LogP contribution in [0.5, 0.6) is 0 Å². The summed E-state index contributed by atoms with van der Waals surface area (Å²) in [4.78, 5) is 1.19. The van der Waals surface area contributed by atoms with Crippen molar-refractivity contribution in [2.24, 2.45) is 0 Å². The quantitative estimate of drug-likeness (QED) is 0.859. The third-order valence-corrected chi connectivity index (χ3v) is 3.24. The Morgan fingerprint density at radius 2 is 2.53 bits per heavy atom. The van der Waals surface area contributed by atoms with Crippen molar-refractivity contribution >= 4 is 22.9 Å². The number of thiophene rings is 1. The first kappa shape index (κ1) is 10.5. The second-order valence-electron chi connectivity index (χ2n) is 3.10. The third-order valence-electron chi connectivity index (χ3n) is 1.95. The van der Waals surface area contributed by atoms with Crippen molar-refractivity contribution in [3.05, 3.63) is 27.2 Å². The largest absolute Gasteiger partial charge is 0.302 e. The summed E-state index contributed by atoms with van der Waals surface area (Å²) in [5, 5.41) is 19.7. The number of aromatic amines is 1. The maximum absolute atomic E-state index is 5.82. The second kappa shape index (κ2) is 4.69. The lowest BCUT2D eigenvalue weighted by Gasteiger charge is -2.07. The normalized spacial score (nSPS) is 12.9. The number of hydrogen-bond acceptors (Lipinski definition) is 5. The molecule has 0 fully saturated rings. The van der Waals surface area contributed by atoms with Crippen LogP contribution in [0.15, 0.2) is 11.4 Å². The molecule has 2 rings (SSSR count). The fourth-order valence-electron chi connectivity index (χ4n) is 1.14. The van der Waals surface area contributed by atoms with Crippen LogP contribution in [-0.4, -0.2) is 20.6 Å². The first-order valence-electron chi connectivity index (χ1n) is 4.45. The van der Waals surface area contributed by atoms with Crippen molar-refractivity contribution in [3.8, 4) is 0 Å². The Morgan fingerprint density at radius 3 is 3.13 bits per heavy atom. The monoisotopic (exact) mass is 243 g/mol. The molecule has 0 aliphatic heterocycles. The Hall–Kier alpha value is -0.980. The minimum Gasteiger partial charge on any atom is -0.302 e. The van der Waals surface area contributed by atoms with Crippen molar-refractivity contribution < 1.29 is 0 Å². The molecule has 1 atom stereocenters. The van der Waals surface area contributed by atoms with Gasteiger partial charge in [-0.1, -0.05) is 16.8 Å². The van der Waals surface area contributed by atoms with E-state index in [9.17, 15) is 0 Å². The summed E-state index contributed by atoms with van der Waals surface area (Å²) in [6.45, 7) is 2.74. The highest BCUT2D eigenvalue weighted by molar-refractivity contribution is 7.10. The molecule has 0 radical (unpaired) electrons. The molecule has 0 spiro atoms. The first-order chi connectivity index (χ1) is 7.25. The van der Waals surface area contributed by atoms with Gasteiger partial charge in [-0.05, 0) is 13.0 Å². The fraction of sp³-hybridized carbons (Fsp3) is 0.375. The number of hydrogen-bond donors (Lipinski definition) is 2. The van der Waals surface area contributed by atoms with E-state index in [1.807, 2.05) is 18.4 Å². The summed E-state index contributed by atoms with van der Waals surface area (Å²) in [5.41, 5.74) is 0. The van der Waals surface area contributed by atoms with E-state index in [0.29, 0.717) is 5.82 Å². The van der Waals surface area contributed by atoms with E-state index in [0.717, 1.165) is 11.6 Å². The first-order valence-corrected chi connectivity index (χ1v) is 5.71. The molecule has 7 heteroatoms. The molecule has 15 heavy (non-hydrogen) atoms. The predicted octanol–water partition coefficient (Wildman–Crippen LogP) is 1.77. The van der Waals surface area contributed by atoms with E-state index in [1.165, 1.54) is 4.88 Å². The molecule has 2 heterocycles. The number of halogens is 1. The Balaban J connectivity index is 1.88. The standard InChI is InChI=1S/C8H10ClN5S/c1-5(8-11-13-14-12-8)10-3-7-2-6(9)4-15-7/h2,4-5,10H,3H2,1H3,(H,11,12,13,14). The topological polar surface area (TPSA) is 66.5 Å². The molecule has 1 unspecified atom stereocenters. The van der Waals surface area contributed by atoms with Gasteiger partial charge in [0.1, 0.15) is 0 Å². The smallest absolute Gasteiger partial charge is 0.191 e. The van der Waals surface area contributed by atoms with Crippen molar-refractivity contribution in [2.45, 2.75) is 19.5 Å². The number of tetrazole rings is 1. The molecule has 0 aliphatic carbocycles. The summed E-state index contributed by atoms with van der Waals surface area (Å²) in [6.07, 6.45) is 0. The molecule has 80 valence electrons. The van der Waals surface area contributed by atoms with E-state index >= 15 is 0 Å². The van der Waals surface area contributed by atoms with Gasteiger partial charge in [0.25, 0.3) is 0 Å². The van der Waals surface area contributed by atoms with Crippen molar-refractivity contribution in [2.75, 3.05) is 0 Å². The number of nitrogens with one attached hydrogen (secondary N) is 2. The number of H-pyrrole nitrogens is 1. The molecule has 2 N–H and O–H groups in total. The van der Waals surface area contributed by atoms with Gasteiger partial charge in [0.15, 0.2) is 5.82 Å². The Bertz CT molecular complexity index is 412. The van der Waals surface area contributed by atoms with Gasteiger partial charge in [0.2, 0.25) is 0 Å². The number of nitrogens with zero attached hydrogens (tertiary/aromatic N) is 3. The van der Waals surface area contributed by atoms with E-state index in [2.05, 4.69) is 25.9 Å². The molecule has 0 aromatic carbocycles. The average Bonchev–Trinajstić information content (AvgIpc) is 2.84. The van der Waals surface area contributed by atoms with Crippen LogP contribution in [0.2, 0.25) is 5.02 Å². The van der Waals surface area contributed by atoms with Crippen LogP contribution in [0.3, 0.4) is 0 Å². The fourth-order valence-corrected chi connectivity index (χ4v) is 2.17. The van der Waals surface area contributed by atoms with Crippen LogP contribution in [0.1, 0.15) is 23.7 Å². The van der Waals surface area contributed by atoms with Gasteiger partial charge < -0.3 is 5.32 Å². The van der Waals surface area contributed by atoms with Crippen LogP contribution in [0.4, 0.5) is 0 Å². The molecule has 0 amide bonds. The maximum Gasteiger partial charge on any atom is 0.191 e. The lowest BCUT2D eigenvalue weighted by atomic mass is 10.3. The van der Waals surface area contributed by atoms with Crippen LogP contribution >= 0.6 is 22.9 Å². The zero-order valence-electron chi connectivity index (χ0n) is 8.07. The van der Waals surface area contributed by atoms with Gasteiger partial charge in [-0.15, -0.1) is 21.5 Å². The van der Waals surface area contributed by atoms with Gasteiger partial charge >= 0.3 is 0 Å². The third kappa shape index (κ3) is 2.74. The molecule has 0 saturated heterocycles. The zero-order chi connectivity index (χ0) is 10.7. The summed E-state index contributed by atoms with van der Waals surface area (Å²) in [5.74, 6) is 0.664. The van der Waals surface area contributed by atoms with Gasteiger partial charge in [0.05, 0.1) is 11.1 Å². The minimum absolute atomic E-state index is 0.0737. The average molecular weight is 244 g/mol. The summed E-state index contributed by atoms with van der Waals surface area (Å²) >= 11 is 7.45. The SMILES string of the molecule is CC(NCc1cc(Cl)cs1)c1nn[nH]n1. The van der Waals surface area contributed by atoms with Crippen LogP contribution < -0.4 is 5.32 Å². The summed E-state index contributed by atoms with van der Waals surface area (Å²) in [6, 6.07) is 2.02. The van der Waals surface area contributed by atoms with Gasteiger partial charge in [-0.25, -0.2) is 0 Å². The van der Waals surface area contributed by atoms with Crippen LogP contribution in [0.25, 0.3) is 0 Å². The Labute approximate surface area is 95.9 Å². The van der Waals surface area contributed by atoms with Gasteiger partial charge in [-0.2, -0.15) is 5.21 Å². The van der Waals surface area contributed by atoms with E-state index < -0.39 is 0 Å². The van der Waals surface area contributed by atoms with Crippen molar-refractivity contribution in [1.82, 2.24) is 25.9 Å². The van der Waals surface area contributed by atoms with Crippen molar-refractivity contribution in [1.29, 1.82) is 0 Å². The van der Waals surface area contributed by atoms with Gasteiger partial charge in [0, 0.05) is 16.8 Å². The Morgan fingerprint density at radius 1 is 1.67 bits per heavy atom. The molecule has 0 bridgehead atoms. The number of rotatable bonds is 4. The summed E-state index contributed by atoms with van der Waals surface area (Å²) < 4.78 is 0. The second-order valence-corrected chi connectivity index (χ2v) is 4.54. The molecule has 0 saturated carbocycles. The zero-order valence-corrected chi connectivity index (χ0v) is 9.64. The lowest BCUT2D eigenvalue weighted by molar-refractivity contribution is 0.550. The highest BCUT2D eigenvalue weighted by Gasteiger charge is 2.09. The van der Waals surface area contributed by atoms with Gasteiger partial charge in [-0.3, -0.25) is 0 Å². The maximum atomic E-state index is 5.82. The van der Waals surface area contributed by atoms with Crippen molar-refractivity contribution in [3.63, 3.8) is 0 Å². The molecule has 2 aromatic heterocycles. The van der Waals surface area contributed by atoms with E-state index in [-0.39, 0.29) is 6.04 Å². The summed E-state index contributed by atoms with van der Waals surface area (Å²) in [7, 11) is 0. The highest BCUT2D eigenvalue weighted by Crippen LogP contribution is 2.19. The minimum atomic E-state index is 0.0737. The highest BCUT2D eigenvalue weighted by atomic mass is 35.5. The van der Waals surface area contributed by atoms with E-state index in [1.54, 1.807) is 11.3 Å². The molecule has 2 aromatic rings. The van der Waals surface area contributed by atoms with Crippen LogP contribution in [-0.2, 0) is 6.54 Å². The Kier molecular flexibility index (Phi) is 3.30. The lowest BCUT2D eigenvalue weighted by Crippen LogP contribution is -2.18. The van der Waals surface area contributed by atoms with E-state index in [4.69, 9.17) is 11.6 Å². The van der Waals surface area contributed by atoms with Crippen LogP contribution in [0, 0.1) is 0 Å². The molecular weight excluding hydrogens is 234 g/mol. The molecule has 0 aliphatic rings.